The van der Waals surface area contributed by atoms with E-state index in [9.17, 15) is 31.9 Å². The molecular formula is C32H41F2N3O6S. The molecule has 0 aromatic heterocycles. The summed E-state index contributed by atoms with van der Waals surface area (Å²) in [5.74, 6) is -3.72. The zero-order valence-electron chi connectivity index (χ0n) is 25.0. The number of halogens is 2. The van der Waals surface area contributed by atoms with Crippen molar-refractivity contribution in [2.75, 3.05) is 31.1 Å². The molecule has 0 spiro atoms. The van der Waals surface area contributed by atoms with Crippen LogP contribution < -0.4 is 4.90 Å². The average molecular weight is 634 g/mol. The van der Waals surface area contributed by atoms with Gasteiger partial charge in [0.1, 0.15) is 17.5 Å². The maximum atomic E-state index is 13.9. The largest absolute Gasteiger partial charge is 0.480 e. The number of aryl methyl sites for hydroxylation is 1. The van der Waals surface area contributed by atoms with E-state index < -0.39 is 34.1 Å². The number of hydrogen-bond donors (Lipinski definition) is 1. The summed E-state index contributed by atoms with van der Waals surface area (Å²) in [5, 5.41) is 9.62. The second-order valence-electron chi connectivity index (χ2n) is 12.3. The van der Waals surface area contributed by atoms with Gasteiger partial charge in [-0.1, -0.05) is 36.4 Å². The quantitative estimate of drug-likeness (QED) is 0.360. The van der Waals surface area contributed by atoms with E-state index in [1.54, 1.807) is 17.0 Å². The number of ether oxygens (including phenoxy) is 1. The van der Waals surface area contributed by atoms with Crippen LogP contribution in [0.5, 0.6) is 0 Å². The number of carbonyl (C=O) groups excluding carboxylic acids is 1. The Morgan fingerprint density at radius 2 is 1.77 bits per heavy atom. The van der Waals surface area contributed by atoms with Crippen molar-refractivity contribution in [1.29, 1.82) is 0 Å². The van der Waals surface area contributed by atoms with Crippen LogP contribution >= 0.6 is 0 Å². The van der Waals surface area contributed by atoms with E-state index in [2.05, 4.69) is 0 Å². The van der Waals surface area contributed by atoms with Crippen molar-refractivity contribution < 1.29 is 36.6 Å². The fourth-order valence-corrected chi connectivity index (χ4v) is 8.51. The van der Waals surface area contributed by atoms with Gasteiger partial charge in [0.05, 0.1) is 5.69 Å². The number of rotatable bonds is 10. The SMILES string of the molecule is Cc1ccc(S(=O)(=O)N2CCC[C@H]2C(=O)O)c(N2CCC(CCN(C(=O)OCc3ccccc3)C3CCC(F)(F)CC3)C2)c1. The molecule has 12 heteroatoms. The maximum Gasteiger partial charge on any atom is 0.410 e. The molecule has 2 aromatic rings. The number of carbonyl (C=O) groups is 2. The molecule has 44 heavy (non-hydrogen) atoms. The number of hydrogen-bond acceptors (Lipinski definition) is 6. The summed E-state index contributed by atoms with van der Waals surface area (Å²) in [6, 6.07) is 13.0. The number of amides is 1. The van der Waals surface area contributed by atoms with Crippen molar-refractivity contribution in [3.63, 3.8) is 0 Å². The molecule has 1 aliphatic carbocycles. The molecule has 0 bridgehead atoms. The first kappa shape index (κ1) is 32.2. The van der Waals surface area contributed by atoms with E-state index in [0.717, 1.165) is 21.9 Å². The summed E-state index contributed by atoms with van der Waals surface area (Å²) in [7, 11) is -4.05. The number of nitrogens with zero attached hydrogens (tertiary/aromatic N) is 3. The Hall–Kier alpha value is -3.25. The molecule has 1 unspecified atom stereocenters. The van der Waals surface area contributed by atoms with Crippen LogP contribution in [0.2, 0.25) is 0 Å². The Morgan fingerprint density at radius 3 is 2.48 bits per heavy atom. The van der Waals surface area contributed by atoms with Gasteiger partial charge in [-0.2, -0.15) is 4.31 Å². The van der Waals surface area contributed by atoms with Crippen molar-refractivity contribution in [3.05, 3.63) is 59.7 Å². The van der Waals surface area contributed by atoms with Gasteiger partial charge in [0, 0.05) is 45.1 Å². The summed E-state index contributed by atoms with van der Waals surface area (Å²) in [4.78, 5) is 28.8. The summed E-state index contributed by atoms with van der Waals surface area (Å²) in [6.45, 7) is 3.67. The minimum Gasteiger partial charge on any atom is -0.480 e. The summed E-state index contributed by atoms with van der Waals surface area (Å²) in [6.07, 6.45) is 1.55. The third-order valence-corrected chi connectivity index (χ3v) is 11.1. The lowest BCUT2D eigenvalue weighted by molar-refractivity contribution is -0.140. The van der Waals surface area contributed by atoms with Crippen LogP contribution in [-0.2, 0) is 26.2 Å². The van der Waals surface area contributed by atoms with Crippen molar-refractivity contribution >= 4 is 27.8 Å². The predicted molar refractivity (Wildman–Crippen MR) is 161 cm³/mol. The Balaban J connectivity index is 1.27. The van der Waals surface area contributed by atoms with E-state index >= 15 is 0 Å². The zero-order chi connectivity index (χ0) is 31.5. The number of carboxylic acids is 1. The molecule has 5 rings (SSSR count). The fourth-order valence-electron chi connectivity index (χ4n) is 6.66. The van der Waals surface area contributed by atoms with Crippen LogP contribution in [0.4, 0.5) is 19.3 Å². The molecule has 1 saturated carbocycles. The number of anilines is 1. The van der Waals surface area contributed by atoms with E-state index in [4.69, 9.17) is 4.74 Å². The molecule has 3 aliphatic rings. The van der Waals surface area contributed by atoms with Gasteiger partial charge in [-0.25, -0.2) is 22.0 Å². The lowest BCUT2D eigenvalue weighted by atomic mass is 9.91. The summed E-state index contributed by atoms with van der Waals surface area (Å²) >= 11 is 0. The first-order chi connectivity index (χ1) is 20.9. The highest BCUT2D eigenvalue weighted by atomic mass is 32.2. The predicted octanol–water partition coefficient (Wildman–Crippen LogP) is 5.67. The molecule has 1 amide bonds. The van der Waals surface area contributed by atoms with Gasteiger partial charge in [0.25, 0.3) is 0 Å². The lowest BCUT2D eigenvalue weighted by Gasteiger charge is -2.36. The number of carboxylic acid groups (broad SMARTS) is 1. The van der Waals surface area contributed by atoms with E-state index in [0.29, 0.717) is 38.2 Å². The molecule has 0 radical (unpaired) electrons. The van der Waals surface area contributed by atoms with Gasteiger partial charge >= 0.3 is 12.1 Å². The van der Waals surface area contributed by atoms with E-state index in [1.807, 2.05) is 48.2 Å². The maximum absolute atomic E-state index is 13.9. The molecule has 1 N–H and O–H groups in total. The number of sulfonamides is 1. The van der Waals surface area contributed by atoms with Crippen molar-refractivity contribution in [3.8, 4) is 0 Å². The van der Waals surface area contributed by atoms with Crippen LogP contribution in [0.15, 0.2) is 53.4 Å². The van der Waals surface area contributed by atoms with Crippen molar-refractivity contribution in [2.24, 2.45) is 5.92 Å². The Morgan fingerprint density at radius 1 is 1.05 bits per heavy atom. The number of alkyl halides is 2. The number of benzene rings is 2. The van der Waals surface area contributed by atoms with Gasteiger partial charge in [-0.05, 0) is 74.6 Å². The second-order valence-corrected chi connectivity index (χ2v) is 14.2. The highest BCUT2D eigenvalue weighted by Gasteiger charge is 2.42. The van der Waals surface area contributed by atoms with Crippen LogP contribution in [0.1, 0.15) is 62.5 Å². The Bertz CT molecular complexity index is 1430. The first-order valence-corrected chi connectivity index (χ1v) is 16.8. The molecule has 2 atom stereocenters. The van der Waals surface area contributed by atoms with Gasteiger partial charge in [-0.3, -0.25) is 4.79 Å². The van der Waals surface area contributed by atoms with Gasteiger partial charge in [0.2, 0.25) is 15.9 Å². The third kappa shape index (κ3) is 7.34. The molecule has 240 valence electrons. The average Bonchev–Trinajstić information content (AvgIpc) is 3.68. The van der Waals surface area contributed by atoms with Crippen molar-refractivity contribution in [1.82, 2.24) is 9.21 Å². The van der Waals surface area contributed by atoms with Gasteiger partial charge in [0.15, 0.2) is 0 Å². The smallest absolute Gasteiger partial charge is 0.410 e. The van der Waals surface area contributed by atoms with E-state index in [-0.39, 0.29) is 62.1 Å². The minimum atomic E-state index is -4.05. The standard InChI is InChI=1S/C32H41F2N3O6S/c1-23-9-10-29(44(41,42)37-17-5-8-27(37)30(38)39)28(20-23)35-18-13-24(21-35)14-19-36(26-11-15-32(33,34)16-12-26)31(40)43-22-25-6-3-2-4-7-25/h2-4,6-7,9-10,20,24,26-27H,5,8,11-19,21-22H2,1H3,(H,38,39)/t24?,27-/m0/s1. The zero-order valence-corrected chi connectivity index (χ0v) is 25.9. The van der Waals surface area contributed by atoms with Gasteiger partial charge in [-0.15, -0.1) is 0 Å². The minimum absolute atomic E-state index is 0.0978. The van der Waals surface area contributed by atoms with Crippen LogP contribution in [0.3, 0.4) is 0 Å². The third-order valence-electron chi connectivity index (χ3n) is 9.16. The molecular weight excluding hydrogens is 592 g/mol. The van der Waals surface area contributed by atoms with Crippen molar-refractivity contribution in [2.45, 2.75) is 87.8 Å². The molecule has 9 nitrogen and oxygen atoms in total. The highest BCUT2D eigenvalue weighted by molar-refractivity contribution is 7.89. The lowest BCUT2D eigenvalue weighted by Crippen LogP contribution is -2.45. The summed E-state index contributed by atoms with van der Waals surface area (Å²) in [5.41, 5.74) is 2.28. The normalized spacial score (nSPS) is 22.7. The molecule has 2 aliphatic heterocycles. The molecule has 2 saturated heterocycles. The van der Waals surface area contributed by atoms with Crippen LogP contribution in [0.25, 0.3) is 0 Å². The van der Waals surface area contributed by atoms with E-state index in [1.165, 1.54) is 0 Å². The molecule has 3 fully saturated rings. The Kier molecular flexibility index (Phi) is 9.79. The fraction of sp³-hybridized carbons (Fsp3) is 0.562. The Labute approximate surface area is 257 Å². The number of aliphatic carboxylic acids is 1. The van der Waals surface area contributed by atoms with Crippen LogP contribution in [0, 0.1) is 12.8 Å². The monoisotopic (exact) mass is 633 g/mol. The second kappa shape index (κ2) is 13.4. The summed E-state index contributed by atoms with van der Waals surface area (Å²) < 4.78 is 62.0. The van der Waals surface area contributed by atoms with Gasteiger partial charge < -0.3 is 19.6 Å². The first-order valence-electron chi connectivity index (χ1n) is 15.4. The molecule has 2 aromatic carbocycles. The highest BCUT2D eigenvalue weighted by Crippen LogP contribution is 2.38. The topological polar surface area (TPSA) is 107 Å². The van der Waals surface area contributed by atoms with Crippen LogP contribution in [-0.4, -0.2) is 79.0 Å². The molecule has 2 heterocycles.